The normalized spacial score (nSPS) is 16.4. The van der Waals surface area contributed by atoms with Crippen LogP contribution in [-0.4, -0.2) is 66.2 Å². The molecule has 2 aromatic heterocycles. The van der Waals surface area contributed by atoms with Crippen molar-refractivity contribution in [2.45, 2.75) is 17.5 Å². The van der Waals surface area contributed by atoms with Crippen LogP contribution in [0.1, 0.15) is 4.28 Å². The first kappa shape index (κ1) is 24.6. The van der Waals surface area contributed by atoms with Gasteiger partial charge in [0, 0.05) is 57.9 Å². The minimum absolute atomic E-state index is 0. The van der Waals surface area contributed by atoms with Gasteiger partial charge in [-0.3, -0.25) is 9.52 Å². The third kappa shape index (κ3) is 5.05. The lowest BCUT2D eigenvalue weighted by Gasteiger charge is -2.42. The number of hydrogen-bond donors (Lipinski definition) is 2. The van der Waals surface area contributed by atoms with E-state index in [1.165, 1.54) is 17.5 Å². The Morgan fingerprint density at radius 2 is 2.00 bits per heavy atom. The summed E-state index contributed by atoms with van der Waals surface area (Å²) in [6, 6.07) is 13.7. The van der Waals surface area contributed by atoms with Crippen molar-refractivity contribution in [3.63, 3.8) is 0 Å². The number of piperazine rings is 1. The van der Waals surface area contributed by atoms with Crippen molar-refractivity contribution in [2.75, 3.05) is 35.9 Å². The third-order valence-electron chi connectivity index (χ3n) is 6.22. The Labute approximate surface area is 222 Å². The van der Waals surface area contributed by atoms with Gasteiger partial charge in [-0.1, -0.05) is 17.7 Å². The first-order valence-electron chi connectivity index (χ1n) is 11.3. The van der Waals surface area contributed by atoms with Crippen molar-refractivity contribution >= 4 is 60.6 Å². The van der Waals surface area contributed by atoms with Crippen LogP contribution in [0.4, 0.5) is 10.8 Å². The summed E-state index contributed by atoms with van der Waals surface area (Å²) in [7, 11) is -3.73. The summed E-state index contributed by atoms with van der Waals surface area (Å²) < 4.78 is 29.5. The molecule has 36 heavy (non-hydrogen) atoms. The number of rotatable bonds is 7. The molecular weight excluding hydrogens is 522 g/mol. The predicted octanol–water partition coefficient (Wildman–Crippen LogP) is 4.00. The van der Waals surface area contributed by atoms with Crippen LogP contribution < -0.4 is 9.62 Å². The van der Waals surface area contributed by atoms with Crippen LogP contribution >= 0.6 is 22.9 Å². The van der Waals surface area contributed by atoms with Crippen LogP contribution in [-0.2, 0) is 21.4 Å². The van der Waals surface area contributed by atoms with Crippen LogP contribution in [0.5, 0.6) is 0 Å². The van der Waals surface area contributed by atoms with E-state index in [1.54, 1.807) is 34.5 Å². The monoisotopic (exact) mass is 551 g/mol. The smallest absolute Gasteiger partial charge is 0.263 e. The SMILES string of the molecule is O=C(Cn1ccc2ccc(Cl)cc21)N1CCN(c2ccc(S(=O)(=O)Nc3nccs3)cc2)C[C@H]1CO.[HH].[HH].[HH]. The summed E-state index contributed by atoms with van der Waals surface area (Å²) in [5, 5.41) is 13.7. The maximum Gasteiger partial charge on any atom is 0.263 e. The molecule has 1 saturated heterocycles. The maximum absolute atomic E-state index is 13.2. The number of amides is 1. The van der Waals surface area contributed by atoms with Crippen molar-refractivity contribution < 1.29 is 22.6 Å². The first-order chi connectivity index (χ1) is 17.3. The summed E-state index contributed by atoms with van der Waals surface area (Å²) >= 11 is 7.34. The van der Waals surface area contributed by atoms with E-state index in [9.17, 15) is 18.3 Å². The number of carbonyl (C=O) groups excluding carboxylic acids is 1. The van der Waals surface area contributed by atoms with E-state index in [1.807, 2.05) is 39.9 Å². The Bertz CT molecular complexity index is 1490. The van der Waals surface area contributed by atoms with Crippen molar-refractivity contribution in [1.82, 2.24) is 14.5 Å². The standard InChI is InChI=1S/C24H24ClN5O4S2.3H2/c25-18-2-1-17-7-9-29(22(17)13-18)15-23(32)30-11-10-28(14-20(30)16-31)19-3-5-21(6-4-19)36(33,34)27-24-26-8-12-35-24;;;/h1-9,12-13,20,31H,10-11,14-16H2,(H,26,27);3*1H/t20-;;;/m0.../s1. The van der Waals surface area contributed by atoms with Crippen LogP contribution in [0.2, 0.25) is 5.02 Å². The quantitative estimate of drug-likeness (QED) is 0.359. The average molecular weight is 552 g/mol. The number of carbonyl (C=O) groups is 1. The Kier molecular flexibility index (Phi) is 6.89. The van der Waals surface area contributed by atoms with E-state index in [0.29, 0.717) is 29.8 Å². The van der Waals surface area contributed by atoms with Gasteiger partial charge in [-0.25, -0.2) is 13.4 Å². The number of benzene rings is 2. The molecule has 0 aliphatic carbocycles. The summed E-state index contributed by atoms with van der Waals surface area (Å²) in [4.78, 5) is 21.0. The zero-order valence-electron chi connectivity index (χ0n) is 19.1. The van der Waals surface area contributed by atoms with Crippen molar-refractivity contribution in [2.24, 2.45) is 0 Å². The molecule has 2 aromatic carbocycles. The topological polar surface area (TPSA) is 108 Å². The first-order valence-corrected chi connectivity index (χ1v) is 14.0. The van der Waals surface area contributed by atoms with E-state index < -0.39 is 10.0 Å². The average Bonchev–Trinajstić information content (AvgIpc) is 3.53. The second-order valence-corrected chi connectivity index (χ2v) is 11.5. The molecule has 9 nitrogen and oxygen atoms in total. The number of aliphatic hydroxyl groups excluding tert-OH is 1. The highest BCUT2D eigenvalue weighted by Gasteiger charge is 2.30. The number of sulfonamides is 1. The number of nitrogens with one attached hydrogen (secondary N) is 1. The number of thiazole rings is 1. The van der Waals surface area contributed by atoms with E-state index in [2.05, 4.69) is 9.71 Å². The van der Waals surface area contributed by atoms with Crippen LogP contribution in [0.15, 0.2) is 71.2 Å². The van der Waals surface area contributed by atoms with Gasteiger partial charge in [-0.05, 0) is 47.9 Å². The molecule has 194 valence electrons. The molecule has 0 bridgehead atoms. The fourth-order valence-electron chi connectivity index (χ4n) is 4.39. The largest absolute Gasteiger partial charge is 0.394 e. The van der Waals surface area contributed by atoms with Gasteiger partial charge in [0.15, 0.2) is 5.13 Å². The fourth-order valence-corrected chi connectivity index (χ4v) is 6.34. The zero-order chi connectivity index (χ0) is 25.3. The molecule has 0 radical (unpaired) electrons. The molecule has 1 fully saturated rings. The lowest BCUT2D eigenvalue weighted by atomic mass is 10.1. The third-order valence-corrected chi connectivity index (χ3v) is 8.63. The van der Waals surface area contributed by atoms with Crippen molar-refractivity contribution in [1.29, 1.82) is 0 Å². The van der Waals surface area contributed by atoms with Crippen LogP contribution in [0, 0.1) is 0 Å². The molecule has 0 saturated carbocycles. The predicted molar refractivity (Wildman–Crippen MR) is 147 cm³/mol. The molecule has 0 spiro atoms. The van der Waals surface area contributed by atoms with E-state index in [4.69, 9.17) is 11.6 Å². The summed E-state index contributed by atoms with van der Waals surface area (Å²) in [5.74, 6) is -0.0825. The number of fused-ring (bicyclic) bond motifs is 1. The molecule has 1 aliphatic heterocycles. The minimum atomic E-state index is -3.73. The van der Waals surface area contributed by atoms with Crippen molar-refractivity contribution in [3.05, 3.63) is 71.3 Å². The molecule has 5 rings (SSSR count). The van der Waals surface area contributed by atoms with Gasteiger partial charge in [0.05, 0.1) is 17.5 Å². The van der Waals surface area contributed by atoms with Crippen molar-refractivity contribution in [3.8, 4) is 0 Å². The Hall–Kier alpha value is -3.12. The molecule has 4 aromatic rings. The van der Waals surface area contributed by atoms with Gasteiger partial charge in [0.25, 0.3) is 10.0 Å². The molecule has 0 unspecified atom stereocenters. The number of anilines is 2. The van der Waals surface area contributed by atoms with Gasteiger partial charge in [0.1, 0.15) is 6.54 Å². The highest BCUT2D eigenvalue weighted by Crippen LogP contribution is 2.25. The second-order valence-electron chi connectivity index (χ2n) is 8.45. The van der Waals surface area contributed by atoms with Gasteiger partial charge in [-0.15, -0.1) is 11.3 Å². The highest BCUT2D eigenvalue weighted by atomic mass is 35.5. The number of aliphatic hydroxyl groups is 1. The number of halogens is 1. The number of nitrogens with zero attached hydrogens (tertiary/aromatic N) is 4. The zero-order valence-corrected chi connectivity index (χ0v) is 21.5. The lowest BCUT2D eigenvalue weighted by molar-refractivity contribution is -0.135. The minimum Gasteiger partial charge on any atom is -0.394 e. The van der Waals surface area contributed by atoms with Crippen LogP contribution in [0.3, 0.4) is 0 Å². The molecule has 1 amide bonds. The van der Waals surface area contributed by atoms with Gasteiger partial charge in [-0.2, -0.15) is 0 Å². The summed E-state index contributed by atoms with van der Waals surface area (Å²) in [6.07, 6.45) is 3.39. The number of aromatic nitrogens is 2. The van der Waals surface area contributed by atoms with Gasteiger partial charge >= 0.3 is 0 Å². The van der Waals surface area contributed by atoms with E-state index in [0.717, 1.165) is 16.6 Å². The van der Waals surface area contributed by atoms with Gasteiger partial charge < -0.3 is 19.5 Å². The lowest BCUT2D eigenvalue weighted by Crippen LogP contribution is -2.57. The highest BCUT2D eigenvalue weighted by molar-refractivity contribution is 7.93. The summed E-state index contributed by atoms with van der Waals surface area (Å²) in [6.45, 7) is 1.41. The molecule has 1 aliphatic rings. The Morgan fingerprint density at radius 1 is 1.19 bits per heavy atom. The maximum atomic E-state index is 13.2. The fraction of sp³-hybridized carbons (Fsp3) is 0.250. The summed E-state index contributed by atoms with van der Waals surface area (Å²) in [5.41, 5.74) is 1.70. The Morgan fingerprint density at radius 3 is 2.72 bits per heavy atom. The van der Waals surface area contributed by atoms with Gasteiger partial charge in [0.2, 0.25) is 5.91 Å². The second kappa shape index (κ2) is 10.1. The number of hydrogen-bond acceptors (Lipinski definition) is 7. The molecule has 3 heterocycles. The van der Waals surface area contributed by atoms with E-state index >= 15 is 0 Å². The molecule has 12 heteroatoms. The van der Waals surface area contributed by atoms with E-state index in [-0.39, 0.29) is 34.3 Å². The Balaban J connectivity index is 0.00000178. The van der Waals surface area contributed by atoms with Crippen LogP contribution in [0.25, 0.3) is 10.9 Å². The molecular formula is C24H30ClN5O4S2. The molecule has 1 atom stereocenters. The molecule has 2 N–H and O–H groups in total.